The number of halogens is 1. The van der Waals surface area contributed by atoms with Crippen LogP contribution in [0.1, 0.15) is 26.1 Å². The number of carbonyl (C=O) groups excluding carboxylic acids is 2. The first-order chi connectivity index (χ1) is 14.4. The molecule has 3 aliphatic rings. The third kappa shape index (κ3) is 2.93. The number of nitrogens with zero attached hydrogens (tertiary/aromatic N) is 2. The van der Waals surface area contributed by atoms with Crippen molar-refractivity contribution in [1.29, 1.82) is 0 Å². The first-order valence-corrected chi connectivity index (χ1v) is 10.5. The van der Waals surface area contributed by atoms with Gasteiger partial charge < -0.3 is 19.9 Å². The van der Waals surface area contributed by atoms with Gasteiger partial charge in [-0.1, -0.05) is 12.2 Å². The van der Waals surface area contributed by atoms with Gasteiger partial charge in [-0.25, -0.2) is 9.37 Å². The minimum Gasteiger partial charge on any atom is -0.360 e. The lowest BCUT2D eigenvalue weighted by Crippen LogP contribution is -2.44. The van der Waals surface area contributed by atoms with Crippen molar-refractivity contribution >= 4 is 22.8 Å². The van der Waals surface area contributed by atoms with E-state index in [0.717, 1.165) is 11.3 Å². The van der Waals surface area contributed by atoms with Crippen LogP contribution in [0.5, 0.6) is 0 Å². The lowest BCUT2D eigenvalue weighted by molar-refractivity contribution is -0.138. The van der Waals surface area contributed by atoms with Crippen LogP contribution in [0.15, 0.2) is 30.4 Å². The molecule has 0 unspecified atom stereocenters. The van der Waals surface area contributed by atoms with Crippen LogP contribution in [0, 0.1) is 17.7 Å². The Labute approximate surface area is 173 Å². The minimum absolute atomic E-state index is 0.00603. The predicted octanol–water partition coefficient (Wildman–Crippen LogP) is 1.94. The van der Waals surface area contributed by atoms with E-state index in [4.69, 9.17) is 4.74 Å². The van der Waals surface area contributed by atoms with Gasteiger partial charge in [0.1, 0.15) is 17.2 Å². The van der Waals surface area contributed by atoms with E-state index in [1.165, 1.54) is 12.1 Å². The van der Waals surface area contributed by atoms with Crippen molar-refractivity contribution in [1.82, 2.24) is 20.2 Å². The molecular formula is C22H25FN4O3. The number of aryl methyl sites for hydroxylation is 1. The highest BCUT2D eigenvalue weighted by atomic mass is 19.1. The third-order valence-electron chi connectivity index (χ3n) is 6.44. The fourth-order valence-corrected chi connectivity index (χ4v) is 5.00. The van der Waals surface area contributed by atoms with Crippen molar-refractivity contribution in [2.45, 2.75) is 44.4 Å². The number of likely N-dealkylation sites (tertiary alicyclic amines) is 1. The fraction of sp³-hybridized carbons (Fsp3) is 0.500. The SMILES string of the molecule is CC(C)N1C[C@@]23C=C[C@@H](O2)[C@@H](C(=O)NCCCc2nc4ccc(F)cc4[nH]2)[C@@H]3C1=O. The van der Waals surface area contributed by atoms with Crippen molar-refractivity contribution in [2.24, 2.45) is 11.8 Å². The Kier molecular flexibility index (Phi) is 4.43. The van der Waals surface area contributed by atoms with Crippen molar-refractivity contribution in [3.63, 3.8) is 0 Å². The lowest BCUT2D eigenvalue weighted by Gasteiger charge is -2.24. The Morgan fingerprint density at radius 3 is 3.10 bits per heavy atom. The Balaban J connectivity index is 1.20. The Morgan fingerprint density at radius 1 is 1.47 bits per heavy atom. The van der Waals surface area contributed by atoms with E-state index in [2.05, 4.69) is 15.3 Å². The van der Waals surface area contributed by atoms with Gasteiger partial charge >= 0.3 is 0 Å². The van der Waals surface area contributed by atoms with Crippen molar-refractivity contribution < 1.29 is 18.7 Å². The molecule has 3 aliphatic heterocycles. The van der Waals surface area contributed by atoms with Crippen LogP contribution < -0.4 is 5.32 Å². The molecule has 2 bridgehead atoms. The zero-order valence-corrected chi connectivity index (χ0v) is 17.0. The summed E-state index contributed by atoms with van der Waals surface area (Å²) in [4.78, 5) is 35.2. The van der Waals surface area contributed by atoms with E-state index >= 15 is 0 Å². The number of H-pyrrole nitrogens is 1. The Morgan fingerprint density at radius 2 is 2.30 bits per heavy atom. The predicted molar refractivity (Wildman–Crippen MR) is 108 cm³/mol. The summed E-state index contributed by atoms with van der Waals surface area (Å²) >= 11 is 0. The molecule has 2 fully saturated rings. The van der Waals surface area contributed by atoms with Gasteiger partial charge in [0.25, 0.3) is 0 Å². The van der Waals surface area contributed by atoms with Crippen molar-refractivity contribution in [3.8, 4) is 0 Å². The number of hydrogen-bond acceptors (Lipinski definition) is 4. The molecule has 7 nitrogen and oxygen atoms in total. The molecule has 1 aromatic carbocycles. The molecule has 0 aliphatic carbocycles. The molecule has 2 aromatic rings. The summed E-state index contributed by atoms with van der Waals surface area (Å²) in [5.41, 5.74) is 0.734. The molecular weight excluding hydrogens is 387 g/mol. The molecule has 0 saturated carbocycles. The van der Waals surface area contributed by atoms with Crippen LogP contribution in [0.3, 0.4) is 0 Å². The van der Waals surface area contributed by atoms with Gasteiger partial charge in [-0.3, -0.25) is 9.59 Å². The number of amides is 2. The largest absolute Gasteiger partial charge is 0.360 e. The van der Waals surface area contributed by atoms with E-state index in [9.17, 15) is 14.0 Å². The van der Waals surface area contributed by atoms with Crippen LogP contribution >= 0.6 is 0 Å². The van der Waals surface area contributed by atoms with Crippen LogP contribution in [-0.4, -0.2) is 57.5 Å². The number of benzene rings is 1. The molecule has 1 spiro atoms. The van der Waals surface area contributed by atoms with Crippen LogP contribution in [0.25, 0.3) is 11.0 Å². The van der Waals surface area contributed by atoms with Crippen molar-refractivity contribution in [2.75, 3.05) is 13.1 Å². The van der Waals surface area contributed by atoms with Gasteiger partial charge in [-0.2, -0.15) is 0 Å². The average molecular weight is 412 g/mol. The smallest absolute Gasteiger partial charge is 0.230 e. The number of nitrogens with one attached hydrogen (secondary N) is 2. The summed E-state index contributed by atoms with van der Waals surface area (Å²) < 4.78 is 19.4. The molecule has 1 aromatic heterocycles. The number of carbonyl (C=O) groups is 2. The van der Waals surface area contributed by atoms with Gasteiger partial charge in [0.15, 0.2) is 0 Å². The molecule has 8 heteroatoms. The fourth-order valence-electron chi connectivity index (χ4n) is 5.00. The average Bonchev–Trinajstić information content (AvgIpc) is 3.44. The maximum absolute atomic E-state index is 13.3. The summed E-state index contributed by atoms with van der Waals surface area (Å²) in [6.07, 6.45) is 4.87. The molecule has 0 radical (unpaired) electrons. The molecule has 4 atom stereocenters. The summed E-state index contributed by atoms with van der Waals surface area (Å²) in [5, 5.41) is 2.97. The van der Waals surface area contributed by atoms with E-state index in [-0.39, 0.29) is 29.8 Å². The van der Waals surface area contributed by atoms with Gasteiger partial charge in [-0.05, 0) is 38.5 Å². The van der Waals surface area contributed by atoms with Gasteiger partial charge in [0.2, 0.25) is 11.8 Å². The number of hydrogen-bond donors (Lipinski definition) is 2. The first kappa shape index (κ1) is 19.2. The van der Waals surface area contributed by atoms with Crippen LogP contribution in [0.4, 0.5) is 4.39 Å². The second-order valence-electron chi connectivity index (χ2n) is 8.70. The van der Waals surface area contributed by atoms with Crippen LogP contribution in [0.2, 0.25) is 0 Å². The number of imidazole rings is 1. The highest BCUT2D eigenvalue weighted by Crippen LogP contribution is 2.52. The highest BCUT2D eigenvalue weighted by molar-refractivity contribution is 5.93. The Bertz CT molecular complexity index is 1050. The number of ether oxygens (including phenoxy) is 1. The van der Waals surface area contributed by atoms with Crippen LogP contribution in [-0.2, 0) is 20.7 Å². The van der Waals surface area contributed by atoms with Gasteiger partial charge in [-0.15, -0.1) is 0 Å². The van der Waals surface area contributed by atoms with Crippen molar-refractivity contribution in [3.05, 3.63) is 42.0 Å². The zero-order valence-electron chi connectivity index (χ0n) is 17.0. The van der Waals surface area contributed by atoms with Gasteiger partial charge in [0.05, 0.1) is 35.5 Å². The number of rotatable bonds is 6. The normalized spacial score (nSPS) is 29.4. The second-order valence-corrected chi connectivity index (χ2v) is 8.70. The topological polar surface area (TPSA) is 87.3 Å². The number of aromatic amines is 1. The Hall–Kier alpha value is -2.74. The summed E-state index contributed by atoms with van der Waals surface area (Å²) in [6, 6.07) is 4.53. The maximum atomic E-state index is 13.3. The van der Waals surface area contributed by atoms with E-state index in [0.29, 0.717) is 31.4 Å². The quantitative estimate of drug-likeness (QED) is 0.561. The monoisotopic (exact) mass is 412 g/mol. The zero-order chi connectivity index (χ0) is 21.0. The molecule has 2 amide bonds. The van der Waals surface area contributed by atoms with E-state index in [1.54, 1.807) is 11.0 Å². The third-order valence-corrected chi connectivity index (χ3v) is 6.44. The van der Waals surface area contributed by atoms with E-state index in [1.807, 2.05) is 26.0 Å². The lowest BCUT2D eigenvalue weighted by atomic mass is 9.77. The second kappa shape index (κ2) is 6.91. The first-order valence-electron chi connectivity index (χ1n) is 10.5. The molecule has 2 saturated heterocycles. The summed E-state index contributed by atoms with van der Waals surface area (Å²) in [7, 11) is 0. The molecule has 158 valence electrons. The highest BCUT2D eigenvalue weighted by Gasteiger charge is 2.66. The standard InChI is InChI=1S/C22H25FN4O3/c1-12(2)27-11-22-8-7-16(30-22)18(19(22)21(27)29)20(28)24-9-3-4-17-25-14-6-5-13(23)10-15(14)26-17/h5-8,10,12,16,18-19H,3-4,9,11H2,1-2H3,(H,24,28)(H,25,26)/t16-,18-,19-,22-/m1/s1. The number of aromatic nitrogens is 2. The maximum Gasteiger partial charge on any atom is 0.230 e. The molecule has 5 rings (SSSR count). The van der Waals surface area contributed by atoms with Gasteiger partial charge in [0, 0.05) is 19.0 Å². The molecule has 30 heavy (non-hydrogen) atoms. The molecule has 2 N–H and O–H groups in total. The molecule has 4 heterocycles. The summed E-state index contributed by atoms with van der Waals surface area (Å²) in [5.74, 6) is -0.607. The minimum atomic E-state index is -0.655. The number of fused-ring (bicyclic) bond motifs is 2. The summed E-state index contributed by atoms with van der Waals surface area (Å²) in [6.45, 7) is 4.94. The van der Waals surface area contributed by atoms with E-state index < -0.39 is 17.4 Å².